The van der Waals surface area contributed by atoms with Gasteiger partial charge < -0.3 is 9.88 Å². The molecule has 0 aliphatic rings. The highest BCUT2D eigenvalue weighted by molar-refractivity contribution is 4.97. The third kappa shape index (κ3) is 4.61. The minimum absolute atomic E-state index is 0.616. The van der Waals surface area contributed by atoms with Gasteiger partial charge >= 0.3 is 0 Å². The standard InChI is InChI=1S/C11H18N4/c1-2-13-7-5-11-9-15(10-14-11)8-4-3-6-12/h9-10,13H,2-5,7-8H2,1H3. The molecule has 82 valence electrons. The molecule has 1 rings (SSSR count). The maximum atomic E-state index is 8.41. The van der Waals surface area contributed by atoms with Crippen LogP contribution in [-0.2, 0) is 13.0 Å². The van der Waals surface area contributed by atoms with Crippen LogP contribution >= 0.6 is 0 Å². The van der Waals surface area contributed by atoms with Gasteiger partial charge in [0.15, 0.2) is 0 Å². The molecule has 15 heavy (non-hydrogen) atoms. The van der Waals surface area contributed by atoms with Gasteiger partial charge in [-0.3, -0.25) is 0 Å². The first-order chi connectivity index (χ1) is 7.36. The Balaban J connectivity index is 2.26. The van der Waals surface area contributed by atoms with Crippen LogP contribution in [0.5, 0.6) is 0 Å². The lowest BCUT2D eigenvalue weighted by atomic mass is 10.3. The number of hydrogen-bond acceptors (Lipinski definition) is 3. The van der Waals surface area contributed by atoms with Crippen molar-refractivity contribution < 1.29 is 0 Å². The molecule has 0 aliphatic heterocycles. The number of rotatable bonds is 7. The molecule has 0 fully saturated rings. The molecule has 0 spiro atoms. The van der Waals surface area contributed by atoms with Crippen LogP contribution in [-0.4, -0.2) is 22.6 Å². The number of aromatic nitrogens is 2. The number of imidazole rings is 1. The molecule has 0 atom stereocenters. The smallest absolute Gasteiger partial charge is 0.0949 e. The average molecular weight is 206 g/mol. The van der Waals surface area contributed by atoms with Gasteiger partial charge in [0.25, 0.3) is 0 Å². The first kappa shape index (κ1) is 11.7. The zero-order valence-electron chi connectivity index (χ0n) is 9.24. The second-order valence-electron chi connectivity index (χ2n) is 3.47. The summed E-state index contributed by atoms with van der Waals surface area (Å²) < 4.78 is 2.05. The van der Waals surface area contributed by atoms with Crippen LogP contribution in [0.25, 0.3) is 0 Å². The van der Waals surface area contributed by atoms with E-state index >= 15 is 0 Å². The Morgan fingerprint density at radius 2 is 2.47 bits per heavy atom. The molecule has 1 aromatic rings. The third-order valence-electron chi connectivity index (χ3n) is 2.20. The van der Waals surface area contributed by atoms with Crippen LogP contribution < -0.4 is 5.32 Å². The van der Waals surface area contributed by atoms with Crippen LogP contribution in [0.1, 0.15) is 25.5 Å². The maximum Gasteiger partial charge on any atom is 0.0949 e. The highest BCUT2D eigenvalue weighted by Crippen LogP contribution is 1.99. The van der Waals surface area contributed by atoms with Gasteiger partial charge in [0.2, 0.25) is 0 Å². The van der Waals surface area contributed by atoms with E-state index in [1.54, 1.807) is 0 Å². The summed E-state index contributed by atoms with van der Waals surface area (Å²) in [6.45, 7) is 4.97. The van der Waals surface area contributed by atoms with Crippen molar-refractivity contribution in [3.05, 3.63) is 18.2 Å². The molecule has 0 unspecified atom stereocenters. The van der Waals surface area contributed by atoms with E-state index < -0.39 is 0 Å². The van der Waals surface area contributed by atoms with Gasteiger partial charge in [0.05, 0.1) is 18.1 Å². The molecule has 1 N–H and O–H groups in total. The van der Waals surface area contributed by atoms with E-state index in [0.717, 1.165) is 38.2 Å². The van der Waals surface area contributed by atoms with Gasteiger partial charge in [-0.15, -0.1) is 0 Å². The Morgan fingerprint density at radius 1 is 1.60 bits per heavy atom. The minimum atomic E-state index is 0.616. The molecule has 0 bridgehead atoms. The summed E-state index contributed by atoms with van der Waals surface area (Å²) in [5.74, 6) is 0. The molecule has 0 aliphatic carbocycles. The number of likely N-dealkylation sites (N-methyl/N-ethyl adjacent to an activating group) is 1. The predicted molar refractivity (Wildman–Crippen MR) is 59.3 cm³/mol. The lowest BCUT2D eigenvalue weighted by Crippen LogP contribution is -2.16. The molecule has 0 saturated heterocycles. The van der Waals surface area contributed by atoms with Crippen LogP contribution in [0.4, 0.5) is 0 Å². The number of nitrogens with zero attached hydrogens (tertiary/aromatic N) is 3. The fourth-order valence-corrected chi connectivity index (χ4v) is 1.39. The molecule has 4 nitrogen and oxygen atoms in total. The Morgan fingerprint density at radius 3 is 3.20 bits per heavy atom. The Kier molecular flexibility index (Phi) is 5.49. The van der Waals surface area contributed by atoms with Crippen molar-refractivity contribution in [1.29, 1.82) is 5.26 Å². The van der Waals surface area contributed by atoms with E-state index in [0.29, 0.717) is 6.42 Å². The summed E-state index contributed by atoms with van der Waals surface area (Å²) >= 11 is 0. The van der Waals surface area contributed by atoms with Crippen LogP contribution in [0.2, 0.25) is 0 Å². The van der Waals surface area contributed by atoms with Crippen molar-refractivity contribution in [2.45, 2.75) is 32.7 Å². The number of hydrogen-bond donors (Lipinski definition) is 1. The molecule has 0 saturated carbocycles. The zero-order chi connectivity index (χ0) is 10.9. The molecule has 0 amide bonds. The van der Waals surface area contributed by atoms with Crippen LogP contribution in [0.15, 0.2) is 12.5 Å². The van der Waals surface area contributed by atoms with Crippen molar-refractivity contribution >= 4 is 0 Å². The number of aryl methyl sites for hydroxylation is 1. The summed E-state index contributed by atoms with van der Waals surface area (Å²) in [7, 11) is 0. The third-order valence-corrected chi connectivity index (χ3v) is 2.20. The van der Waals surface area contributed by atoms with Crippen molar-refractivity contribution in [3.8, 4) is 6.07 Å². The minimum Gasteiger partial charge on any atom is -0.337 e. The Labute approximate surface area is 90.9 Å². The lowest BCUT2D eigenvalue weighted by molar-refractivity contribution is 0.651. The summed E-state index contributed by atoms with van der Waals surface area (Å²) in [5, 5.41) is 11.7. The molecule has 1 heterocycles. The fourth-order valence-electron chi connectivity index (χ4n) is 1.39. The normalized spacial score (nSPS) is 10.1. The van der Waals surface area contributed by atoms with Gasteiger partial charge in [0, 0.05) is 32.1 Å². The molecule has 0 radical (unpaired) electrons. The number of nitriles is 1. The summed E-state index contributed by atoms with van der Waals surface area (Å²) in [4.78, 5) is 4.31. The Bertz CT molecular complexity index is 311. The quantitative estimate of drug-likeness (QED) is 0.685. The second kappa shape index (κ2) is 7.02. The first-order valence-electron chi connectivity index (χ1n) is 5.45. The average Bonchev–Trinajstić information content (AvgIpc) is 2.67. The number of unbranched alkanes of at least 4 members (excludes halogenated alkanes) is 1. The summed E-state index contributed by atoms with van der Waals surface area (Å²) in [6.07, 6.45) is 6.40. The van der Waals surface area contributed by atoms with E-state index in [2.05, 4.69) is 34.1 Å². The zero-order valence-corrected chi connectivity index (χ0v) is 9.24. The SMILES string of the molecule is CCNCCc1cn(CCCC#N)cn1. The van der Waals surface area contributed by atoms with E-state index in [1.807, 2.05) is 6.33 Å². The summed E-state index contributed by atoms with van der Waals surface area (Å²) in [5.41, 5.74) is 1.12. The van der Waals surface area contributed by atoms with Gasteiger partial charge in [-0.05, 0) is 13.0 Å². The predicted octanol–water partition coefficient (Wildman–Crippen LogP) is 1.34. The van der Waals surface area contributed by atoms with Gasteiger partial charge in [-0.1, -0.05) is 6.92 Å². The highest BCUT2D eigenvalue weighted by Gasteiger charge is 1.97. The van der Waals surface area contributed by atoms with Crippen molar-refractivity contribution in [2.24, 2.45) is 0 Å². The molecular weight excluding hydrogens is 188 g/mol. The van der Waals surface area contributed by atoms with Crippen molar-refractivity contribution in [3.63, 3.8) is 0 Å². The van der Waals surface area contributed by atoms with Gasteiger partial charge in [-0.25, -0.2) is 4.98 Å². The topological polar surface area (TPSA) is 53.6 Å². The maximum absolute atomic E-state index is 8.41. The fraction of sp³-hybridized carbons (Fsp3) is 0.636. The van der Waals surface area contributed by atoms with Crippen LogP contribution in [0, 0.1) is 11.3 Å². The van der Waals surface area contributed by atoms with E-state index in [1.165, 1.54) is 0 Å². The van der Waals surface area contributed by atoms with Crippen LogP contribution in [0.3, 0.4) is 0 Å². The van der Waals surface area contributed by atoms with E-state index in [9.17, 15) is 0 Å². The lowest BCUT2D eigenvalue weighted by Gasteiger charge is -1.98. The largest absolute Gasteiger partial charge is 0.337 e. The van der Waals surface area contributed by atoms with E-state index in [4.69, 9.17) is 5.26 Å². The van der Waals surface area contributed by atoms with Crippen molar-refractivity contribution in [2.75, 3.05) is 13.1 Å². The Hall–Kier alpha value is -1.34. The van der Waals surface area contributed by atoms with Gasteiger partial charge in [0.1, 0.15) is 0 Å². The van der Waals surface area contributed by atoms with Crippen molar-refractivity contribution in [1.82, 2.24) is 14.9 Å². The second-order valence-corrected chi connectivity index (χ2v) is 3.47. The molecule has 4 heteroatoms. The monoisotopic (exact) mass is 206 g/mol. The number of nitrogens with one attached hydrogen (secondary N) is 1. The molecular formula is C11H18N4. The first-order valence-corrected chi connectivity index (χ1v) is 5.45. The summed E-state index contributed by atoms with van der Waals surface area (Å²) in [6, 6.07) is 2.14. The highest BCUT2D eigenvalue weighted by atomic mass is 15.0. The van der Waals surface area contributed by atoms with E-state index in [-0.39, 0.29) is 0 Å². The molecule has 0 aromatic carbocycles. The molecule has 1 aromatic heterocycles. The van der Waals surface area contributed by atoms with Gasteiger partial charge in [-0.2, -0.15) is 5.26 Å².